The Balaban J connectivity index is 4.34. The molecule has 6 heteroatoms. The number of hydrogen-bond acceptors (Lipinski definition) is 6. The summed E-state index contributed by atoms with van der Waals surface area (Å²) in [5.41, 5.74) is 0. The van der Waals surface area contributed by atoms with Crippen molar-refractivity contribution in [2.75, 3.05) is 13.2 Å². The van der Waals surface area contributed by atoms with Crippen molar-refractivity contribution >= 4 is 17.9 Å². The smallest absolute Gasteiger partial charge is 0.306 e. The molecule has 0 rings (SSSR count). The molecule has 6 nitrogen and oxygen atoms in total. The van der Waals surface area contributed by atoms with Crippen molar-refractivity contribution < 1.29 is 28.6 Å². The lowest BCUT2D eigenvalue weighted by molar-refractivity contribution is -0.167. The Hall–Kier alpha value is -1.59. The molecule has 0 N–H and O–H groups in total. The van der Waals surface area contributed by atoms with Gasteiger partial charge in [0.1, 0.15) is 13.2 Å². The van der Waals surface area contributed by atoms with Gasteiger partial charge in [-0.25, -0.2) is 0 Å². The summed E-state index contributed by atoms with van der Waals surface area (Å²) in [6.45, 7) is 11.2. The third-order valence-electron chi connectivity index (χ3n) is 8.72. The van der Waals surface area contributed by atoms with E-state index >= 15 is 0 Å². The van der Waals surface area contributed by atoms with Gasteiger partial charge in [-0.05, 0) is 31.1 Å². The average molecular weight is 653 g/mol. The third-order valence-corrected chi connectivity index (χ3v) is 8.72. The van der Waals surface area contributed by atoms with Crippen LogP contribution in [0.3, 0.4) is 0 Å². The van der Waals surface area contributed by atoms with Crippen LogP contribution in [0.15, 0.2) is 0 Å². The topological polar surface area (TPSA) is 78.9 Å². The highest BCUT2D eigenvalue weighted by atomic mass is 16.6. The van der Waals surface area contributed by atoms with Crippen LogP contribution in [0.5, 0.6) is 0 Å². The molecule has 0 aromatic rings. The van der Waals surface area contributed by atoms with Crippen LogP contribution in [0, 0.1) is 11.8 Å². The summed E-state index contributed by atoms with van der Waals surface area (Å²) in [6, 6.07) is 0. The molecule has 1 atom stereocenters. The van der Waals surface area contributed by atoms with Crippen molar-refractivity contribution in [2.24, 2.45) is 11.8 Å². The lowest BCUT2D eigenvalue weighted by atomic mass is 10.0. The summed E-state index contributed by atoms with van der Waals surface area (Å²) in [5.74, 6) is 0.692. The number of esters is 3. The highest BCUT2D eigenvalue weighted by molar-refractivity contribution is 5.71. The predicted octanol–water partition coefficient (Wildman–Crippen LogP) is 11.8. The van der Waals surface area contributed by atoms with Gasteiger partial charge in [-0.2, -0.15) is 0 Å². The Kier molecular flexibility index (Phi) is 32.2. The van der Waals surface area contributed by atoms with E-state index in [9.17, 15) is 14.4 Å². The first-order valence-electron chi connectivity index (χ1n) is 19.7. The number of carbonyl (C=O) groups is 3. The van der Waals surface area contributed by atoms with Crippen molar-refractivity contribution in [3.8, 4) is 0 Å². The van der Waals surface area contributed by atoms with E-state index in [0.717, 1.165) is 69.6 Å². The van der Waals surface area contributed by atoms with Crippen LogP contribution in [0.1, 0.15) is 208 Å². The largest absolute Gasteiger partial charge is 0.462 e. The van der Waals surface area contributed by atoms with Crippen LogP contribution in [0.25, 0.3) is 0 Å². The summed E-state index contributed by atoms with van der Waals surface area (Å²) in [7, 11) is 0. The van der Waals surface area contributed by atoms with Crippen molar-refractivity contribution in [3.63, 3.8) is 0 Å². The first-order chi connectivity index (χ1) is 22.2. The molecular weight excluding hydrogens is 576 g/mol. The molecule has 0 aliphatic heterocycles. The van der Waals surface area contributed by atoms with Crippen LogP contribution in [0.4, 0.5) is 0 Å². The minimum atomic E-state index is -0.758. The highest BCUT2D eigenvalue weighted by Crippen LogP contribution is 2.15. The van der Waals surface area contributed by atoms with Crippen LogP contribution in [-0.4, -0.2) is 37.2 Å². The van der Waals surface area contributed by atoms with E-state index in [1.54, 1.807) is 0 Å². The molecule has 0 aliphatic carbocycles. The molecule has 0 radical (unpaired) electrons. The standard InChI is InChI=1S/C40H76O6/c1-6-7-8-9-13-20-25-30-38(41)44-33-37(34-45-39(42)31-26-21-17-16-19-24-29-36(4)5)46-40(43)32-27-22-15-12-10-11-14-18-23-28-35(2)3/h35-37H,6-34H2,1-5H3/t37-/m0/s1. The molecule has 0 saturated carbocycles. The zero-order valence-corrected chi connectivity index (χ0v) is 31.2. The molecule has 0 spiro atoms. The van der Waals surface area contributed by atoms with Crippen molar-refractivity contribution in [1.82, 2.24) is 0 Å². The molecular formula is C40H76O6. The summed E-state index contributed by atoms with van der Waals surface area (Å²) in [4.78, 5) is 37.3. The second-order valence-corrected chi connectivity index (χ2v) is 14.5. The Morgan fingerprint density at radius 3 is 1.07 bits per heavy atom. The Bertz CT molecular complexity index is 704. The zero-order valence-electron chi connectivity index (χ0n) is 31.2. The minimum Gasteiger partial charge on any atom is -0.462 e. The van der Waals surface area contributed by atoms with Crippen molar-refractivity contribution in [2.45, 2.75) is 214 Å². The maximum atomic E-state index is 12.6. The maximum absolute atomic E-state index is 12.6. The monoisotopic (exact) mass is 653 g/mol. The number of hydrogen-bond donors (Lipinski definition) is 0. The molecule has 0 aromatic heterocycles. The van der Waals surface area contributed by atoms with Gasteiger partial charge in [0.15, 0.2) is 6.10 Å². The fourth-order valence-electron chi connectivity index (χ4n) is 5.69. The normalized spacial score (nSPS) is 12.1. The molecule has 46 heavy (non-hydrogen) atoms. The van der Waals surface area contributed by atoms with Gasteiger partial charge in [-0.15, -0.1) is 0 Å². The Labute approximate surface area is 285 Å². The van der Waals surface area contributed by atoms with E-state index in [0.29, 0.717) is 19.3 Å². The van der Waals surface area contributed by atoms with E-state index in [4.69, 9.17) is 14.2 Å². The summed E-state index contributed by atoms with van der Waals surface area (Å²) < 4.78 is 16.5. The molecule has 0 fully saturated rings. The van der Waals surface area contributed by atoms with Gasteiger partial charge in [0.2, 0.25) is 0 Å². The third kappa shape index (κ3) is 33.8. The van der Waals surface area contributed by atoms with E-state index in [1.807, 2.05) is 0 Å². The van der Waals surface area contributed by atoms with E-state index in [1.165, 1.54) is 96.3 Å². The summed E-state index contributed by atoms with van der Waals surface area (Å²) >= 11 is 0. The second-order valence-electron chi connectivity index (χ2n) is 14.5. The van der Waals surface area contributed by atoms with Gasteiger partial charge in [-0.1, -0.05) is 169 Å². The van der Waals surface area contributed by atoms with E-state index in [2.05, 4.69) is 34.6 Å². The molecule has 0 heterocycles. The van der Waals surface area contributed by atoms with Crippen molar-refractivity contribution in [1.29, 1.82) is 0 Å². The highest BCUT2D eigenvalue weighted by Gasteiger charge is 2.19. The molecule has 0 aromatic carbocycles. The van der Waals surface area contributed by atoms with Gasteiger partial charge in [0.25, 0.3) is 0 Å². The molecule has 0 unspecified atom stereocenters. The quantitative estimate of drug-likeness (QED) is 0.0391. The molecule has 0 saturated heterocycles. The number of carbonyl (C=O) groups excluding carboxylic acids is 3. The lowest BCUT2D eigenvalue weighted by Crippen LogP contribution is -2.30. The minimum absolute atomic E-state index is 0.0676. The van der Waals surface area contributed by atoms with Gasteiger partial charge < -0.3 is 14.2 Å². The lowest BCUT2D eigenvalue weighted by Gasteiger charge is -2.18. The Morgan fingerprint density at radius 1 is 0.413 bits per heavy atom. The molecule has 272 valence electrons. The first-order valence-corrected chi connectivity index (χ1v) is 19.7. The number of ether oxygens (including phenoxy) is 3. The Morgan fingerprint density at radius 2 is 0.717 bits per heavy atom. The fourth-order valence-corrected chi connectivity index (χ4v) is 5.69. The van der Waals surface area contributed by atoms with Gasteiger partial charge in [0.05, 0.1) is 0 Å². The molecule has 0 aliphatic rings. The van der Waals surface area contributed by atoms with E-state index < -0.39 is 6.10 Å². The average Bonchev–Trinajstić information content (AvgIpc) is 3.01. The molecule has 0 bridgehead atoms. The SMILES string of the molecule is CCCCCCCCCC(=O)OC[C@@H](COC(=O)CCCCCCCCC(C)C)OC(=O)CCCCCCCCCCCC(C)C. The van der Waals surface area contributed by atoms with Gasteiger partial charge >= 0.3 is 17.9 Å². The van der Waals surface area contributed by atoms with Gasteiger partial charge in [0, 0.05) is 19.3 Å². The fraction of sp³-hybridized carbons (Fsp3) is 0.925. The first kappa shape index (κ1) is 44.4. The van der Waals surface area contributed by atoms with E-state index in [-0.39, 0.29) is 31.1 Å². The summed E-state index contributed by atoms with van der Waals surface area (Å²) in [6.07, 6.45) is 28.3. The molecule has 0 amide bonds. The van der Waals surface area contributed by atoms with Gasteiger partial charge in [-0.3, -0.25) is 14.4 Å². The predicted molar refractivity (Wildman–Crippen MR) is 192 cm³/mol. The summed E-state index contributed by atoms with van der Waals surface area (Å²) in [5, 5.41) is 0. The maximum Gasteiger partial charge on any atom is 0.306 e. The second kappa shape index (κ2) is 33.3. The van der Waals surface area contributed by atoms with Crippen LogP contribution < -0.4 is 0 Å². The zero-order chi connectivity index (χ0) is 34.1. The number of rotatable bonds is 34. The van der Waals surface area contributed by atoms with Crippen LogP contribution >= 0.6 is 0 Å². The van der Waals surface area contributed by atoms with Crippen LogP contribution in [0.2, 0.25) is 0 Å². The van der Waals surface area contributed by atoms with Crippen LogP contribution in [-0.2, 0) is 28.6 Å². The number of unbranched alkanes of at least 4 members (excludes halogenated alkanes) is 19. The van der Waals surface area contributed by atoms with Crippen molar-refractivity contribution in [3.05, 3.63) is 0 Å².